The molecule has 0 aromatic heterocycles. The van der Waals surface area contributed by atoms with Gasteiger partial charge in [0.1, 0.15) is 0 Å². The molecular formula is C13H21BrN2O2S2. The first-order valence-corrected chi connectivity index (χ1v) is 10.0. The fourth-order valence-corrected chi connectivity index (χ4v) is 5.06. The Bertz CT molecular complexity index is 562. The average Bonchev–Trinajstić information content (AvgIpc) is 2.40. The van der Waals surface area contributed by atoms with Gasteiger partial charge in [-0.3, -0.25) is 0 Å². The number of hydrogen-bond acceptors (Lipinski definition) is 4. The molecule has 1 aromatic rings. The van der Waals surface area contributed by atoms with Crippen molar-refractivity contribution in [2.24, 2.45) is 5.73 Å². The number of aryl methyl sites for hydroxylation is 1. The van der Waals surface area contributed by atoms with Crippen LogP contribution in [0.1, 0.15) is 24.5 Å². The molecule has 7 heteroatoms. The summed E-state index contributed by atoms with van der Waals surface area (Å²) >= 11 is 4.99. The Kier molecular flexibility index (Phi) is 7.00. The molecule has 0 heterocycles. The van der Waals surface area contributed by atoms with Crippen LogP contribution in [0.2, 0.25) is 0 Å². The topological polar surface area (TPSA) is 72.2 Å². The van der Waals surface area contributed by atoms with Crippen LogP contribution in [0.15, 0.2) is 21.5 Å². The summed E-state index contributed by atoms with van der Waals surface area (Å²) in [5.41, 5.74) is 7.30. The number of hydrogen-bond donors (Lipinski definition) is 2. The molecule has 1 aromatic carbocycles. The lowest BCUT2D eigenvalue weighted by Crippen LogP contribution is -2.36. The molecule has 114 valence electrons. The minimum absolute atomic E-state index is 0.0660. The molecule has 1 rings (SSSR count). The minimum atomic E-state index is -3.55. The smallest absolute Gasteiger partial charge is 0.241 e. The monoisotopic (exact) mass is 380 g/mol. The van der Waals surface area contributed by atoms with E-state index in [0.717, 1.165) is 23.3 Å². The van der Waals surface area contributed by atoms with Gasteiger partial charge in [0.25, 0.3) is 0 Å². The van der Waals surface area contributed by atoms with Crippen molar-refractivity contribution < 1.29 is 8.42 Å². The quantitative estimate of drug-likeness (QED) is 0.762. The first kappa shape index (κ1) is 18.0. The molecule has 0 aliphatic heterocycles. The van der Waals surface area contributed by atoms with Crippen molar-refractivity contribution in [2.75, 3.05) is 12.0 Å². The summed E-state index contributed by atoms with van der Waals surface area (Å²) in [7, 11) is -3.55. The normalized spacial score (nSPS) is 13.4. The van der Waals surface area contributed by atoms with Crippen LogP contribution in [0.25, 0.3) is 0 Å². The summed E-state index contributed by atoms with van der Waals surface area (Å²) in [6.45, 7) is 4.15. The van der Waals surface area contributed by atoms with Crippen LogP contribution in [0.4, 0.5) is 0 Å². The molecule has 0 aliphatic rings. The van der Waals surface area contributed by atoms with Gasteiger partial charge in [0.15, 0.2) is 0 Å². The molecular weight excluding hydrogens is 360 g/mol. The van der Waals surface area contributed by atoms with E-state index in [1.54, 1.807) is 17.8 Å². The highest BCUT2D eigenvalue weighted by Crippen LogP contribution is 2.27. The first-order chi connectivity index (χ1) is 9.35. The summed E-state index contributed by atoms with van der Waals surface area (Å²) in [4.78, 5) is 0.262. The lowest BCUT2D eigenvalue weighted by molar-refractivity contribution is 0.557. The first-order valence-electron chi connectivity index (χ1n) is 6.36. The van der Waals surface area contributed by atoms with Crippen LogP contribution >= 0.6 is 27.7 Å². The van der Waals surface area contributed by atoms with Crippen molar-refractivity contribution in [3.8, 4) is 0 Å². The van der Waals surface area contributed by atoms with Gasteiger partial charge in [-0.25, -0.2) is 13.1 Å². The third-order valence-corrected chi connectivity index (χ3v) is 6.58. The Morgan fingerprint density at radius 2 is 2.10 bits per heavy atom. The van der Waals surface area contributed by atoms with Crippen LogP contribution in [0.3, 0.4) is 0 Å². The van der Waals surface area contributed by atoms with E-state index in [2.05, 4.69) is 20.7 Å². The summed E-state index contributed by atoms with van der Waals surface area (Å²) < 4.78 is 28.4. The SMILES string of the molecule is CCC(CSC)NS(=O)(=O)c1cc(CN)cc(C)c1Br. The second-order valence-corrected chi connectivity index (χ2v) is 8.00. The van der Waals surface area contributed by atoms with Crippen molar-refractivity contribution in [1.29, 1.82) is 0 Å². The van der Waals surface area contributed by atoms with Crippen molar-refractivity contribution >= 4 is 37.7 Å². The highest BCUT2D eigenvalue weighted by atomic mass is 79.9. The molecule has 0 radical (unpaired) electrons. The Hall–Kier alpha value is -0.0800. The van der Waals surface area contributed by atoms with E-state index in [0.29, 0.717) is 11.0 Å². The number of nitrogens with one attached hydrogen (secondary N) is 1. The Morgan fingerprint density at radius 1 is 1.45 bits per heavy atom. The van der Waals surface area contributed by atoms with Gasteiger partial charge in [0.05, 0.1) is 4.90 Å². The average molecular weight is 381 g/mol. The van der Waals surface area contributed by atoms with E-state index in [9.17, 15) is 8.42 Å². The summed E-state index contributed by atoms with van der Waals surface area (Å²) in [6.07, 6.45) is 2.72. The third kappa shape index (κ3) is 4.46. The predicted molar refractivity (Wildman–Crippen MR) is 89.6 cm³/mol. The molecule has 0 amide bonds. The molecule has 20 heavy (non-hydrogen) atoms. The highest BCUT2D eigenvalue weighted by Gasteiger charge is 2.22. The maximum Gasteiger partial charge on any atom is 0.241 e. The van der Waals surface area contributed by atoms with Gasteiger partial charge in [-0.05, 0) is 52.7 Å². The fraction of sp³-hybridized carbons (Fsp3) is 0.538. The van der Waals surface area contributed by atoms with Gasteiger partial charge in [-0.15, -0.1) is 0 Å². The number of nitrogens with two attached hydrogens (primary N) is 1. The Balaban J connectivity index is 3.18. The van der Waals surface area contributed by atoms with Crippen molar-refractivity contribution in [2.45, 2.75) is 37.8 Å². The summed E-state index contributed by atoms with van der Waals surface area (Å²) in [5.74, 6) is 0.753. The zero-order valence-electron chi connectivity index (χ0n) is 11.9. The number of rotatable bonds is 7. The molecule has 0 saturated carbocycles. The third-order valence-electron chi connectivity index (χ3n) is 2.99. The number of sulfonamides is 1. The molecule has 1 atom stereocenters. The predicted octanol–water partition coefficient (Wildman–Crippen LogP) is 2.64. The molecule has 0 saturated heterocycles. The van der Waals surface area contributed by atoms with E-state index >= 15 is 0 Å². The number of benzene rings is 1. The van der Waals surface area contributed by atoms with Crippen LogP contribution in [-0.4, -0.2) is 26.5 Å². The molecule has 3 N–H and O–H groups in total. The van der Waals surface area contributed by atoms with E-state index < -0.39 is 10.0 Å². The standard InChI is InChI=1S/C13H21BrN2O2S2/c1-4-11(8-19-3)16-20(17,18)12-6-10(7-15)5-9(2)13(12)14/h5-6,11,16H,4,7-8,15H2,1-3H3. The van der Waals surface area contributed by atoms with E-state index in [1.807, 2.05) is 26.2 Å². The summed E-state index contributed by atoms with van der Waals surface area (Å²) in [6, 6.07) is 3.46. The van der Waals surface area contributed by atoms with Gasteiger partial charge in [-0.1, -0.05) is 13.0 Å². The molecule has 0 fully saturated rings. The van der Waals surface area contributed by atoms with Crippen molar-refractivity contribution in [1.82, 2.24) is 4.72 Å². The van der Waals surface area contributed by atoms with Crippen LogP contribution in [0, 0.1) is 6.92 Å². The van der Waals surface area contributed by atoms with E-state index in [-0.39, 0.29) is 10.9 Å². The lowest BCUT2D eigenvalue weighted by Gasteiger charge is -2.18. The zero-order valence-corrected chi connectivity index (χ0v) is 15.2. The van der Waals surface area contributed by atoms with Gasteiger partial charge in [0.2, 0.25) is 10.0 Å². The second kappa shape index (κ2) is 7.79. The van der Waals surface area contributed by atoms with Crippen molar-refractivity contribution in [3.05, 3.63) is 27.7 Å². The largest absolute Gasteiger partial charge is 0.326 e. The molecule has 0 aliphatic carbocycles. The summed E-state index contributed by atoms with van der Waals surface area (Å²) in [5, 5.41) is 0. The van der Waals surface area contributed by atoms with Gasteiger partial charge < -0.3 is 5.73 Å². The maximum absolute atomic E-state index is 12.5. The maximum atomic E-state index is 12.5. The van der Waals surface area contributed by atoms with Crippen LogP contribution < -0.4 is 10.5 Å². The molecule has 4 nitrogen and oxygen atoms in total. The van der Waals surface area contributed by atoms with Gasteiger partial charge >= 0.3 is 0 Å². The zero-order chi connectivity index (χ0) is 15.3. The van der Waals surface area contributed by atoms with Crippen LogP contribution in [0.5, 0.6) is 0 Å². The molecule has 1 unspecified atom stereocenters. The Labute approximate surface area is 134 Å². The highest BCUT2D eigenvalue weighted by molar-refractivity contribution is 9.10. The second-order valence-electron chi connectivity index (χ2n) is 4.61. The Morgan fingerprint density at radius 3 is 2.60 bits per heavy atom. The molecule has 0 spiro atoms. The van der Waals surface area contributed by atoms with Crippen LogP contribution in [-0.2, 0) is 16.6 Å². The van der Waals surface area contributed by atoms with E-state index in [4.69, 9.17) is 5.73 Å². The fourth-order valence-electron chi connectivity index (χ4n) is 1.84. The number of halogens is 1. The van der Waals surface area contributed by atoms with E-state index in [1.165, 1.54) is 0 Å². The lowest BCUT2D eigenvalue weighted by atomic mass is 10.1. The number of thioether (sulfide) groups is 1. The van der Waals surface area contributed by atoms with Gasteiger partial charge in [-0.2, -0.15) is 11.8 Å². The molecule has 0 bridgehead atoms. The van der Waals surface area contributed by atoms with Crippen molar-refractivity contribution in [3.63, 3.8) is 0 Å². The minimum Gasteiger partial charge on any atom is -0.326 e. The van der Waals surface area contributed by atoms with Gasteiger partial charge in [0, 0.05) is 22.8 Å².